The standard InChI is InChI=1S/C26H30N8O3/c1-5-23(36)29-20-8-6-7-9-21(20)30-25-17(2)16-27-26(32-25)28-19-14-22(31-24(15-19)37-4)34-12-10-33(11-13-34)18(3)35/h5-9,14-16H,1,10-13H2,2-4H3,(H,29,36)(H2,27,28,30,31,32). The van der Waals surface area contributed by atoms with Crippen molar-refractivity contribution in [3.05, 3.63) is 60.8 Å². The quantitative estimate of drug-likeness (QED) is 0.397. The lowest BCUT2D eigenvalue weighted by atomic mass is 10.2. The Balaban J connectivity index is 1.55. The molecule has 2 amide bonds. The minimum Gasteiger partial charge on any atom is -0.481 e. The molecule has 3 N–H and O–H groups in total. The van der Waals surface area contributed by atoms with Gasteiger partial charge in [-0.3, -0.25) is 9.59 Å². The number of carbonyl (C=O) groups is 2. The van der Waals surface area contributed by atoms with Crippen LogP contribution in [0, 0.1) is 6.92 Å². The zero-order valence-corrected chi connectivity index (χ0v) is 21.1. The van der Waals surface area contributed by atoms with Crippen LogP contribution < -0.4 is 25.6 Å². The third kappa shape index (κ3) is 6.31. The number of para-hydroxylation sites is 2. The lowest BCUT2D eigenvalue weighted by molar-refractivity contribution is -0.129. The van der Waals surface area contributed by atoms with E-state index < -0.39 is 0 Å². The highest BCUT2D eigenvalue weighted by molar-refractivity contribution is 6.01. The Hall–Kier alpha value is -4.67. The summed E-state index contributed by atoms with van der Waals surface area (Å²) >= 11 is 0. The van der Waals surface area contributed by atoms with E-state index in [2.05, 4.69) is 42.4 Å². The topological polar surface area (TPSA) is 125 Å². The Bertz CT molecular complexity index is 1300. The first-order valence-corrected chi connectivity index (χ1v) is 11.8. The van der Waals surface area contributed by atoms with Gasteiger partial charge in [0.15, 0.2) is 0 Å². The fourth-order valence-electron chi connectivity index (χ4n) is 3.85. The molecule has 0 aliphatic carbocycles. The zero-order valence-electron chi connectivity index (χ0n) is 21.1. The summed E-state index contributed by atoms with van der Waals surface area (Å²) in [4.78, 5) is 41.1. The number of benzene rings is 1. The van der Waals surface area contributed by atoms with Crippen LogP contribution in [0.15, 0.2) is 55.3 Å². The van der Waals surface area contributed by atoms with E-state index in [0.29, 0.717) is 60.9 Å². The Morgan fingerprint density at radius 2 is 1.78 bits per heavy atom. The summed E-state index contributed by atoms with van der Waals surface area (Å²) in [6.45, 7) is 9.62. The van der Waals surface area contributed by atoms with Crippen molar-refractivity contribution in [1.29, 1.82) is 0 Å². The van der Waals surface area contributed by atoms with Gasteiger partial charge in [-0.05, 0) is 25.1 Å². The molecule has 0 bridgehead atoms. The van der Waals surface area contributed by atoms with E-state index in [1.54, 1.807) is 32.4 Å². The van der Waals surface area contributed by atoms with E-state index in [-0.39, 0.29) is 11.8 Å². The first kappa shape index (κ1) is 25.4. The average molecular weight is 503 g/mol. The molecule has 0 saturated carbocycles. The van der Waals surface area contributed by atoms with Gasteiger partial charge in [0.1, 0.15) is 11.6 Å². The summed E-state index contributed by atoms with van der Waals surface area (Å²) in [5, 5.41) is 9.30. The third-order valence-electron chi connectivity index (χ3n) is 5.90. The maximum absolute atomic E-state index is 11.8. The van der Waals surface area contributed by atoms with Gasteiger partial charge in [-0.15, -0.1) is 0 Å². The van der Waals surface area contributed by atoms with Gasteiger partial charge >= 0.3 is 0 Å². The minimum atomic E-state index is -0.304. The third-order valence-corrected chi connectivity index (χ3v) is 5.90. The Morgan fingerprint density at radius 1 is 1.05 bits per heavy atom. The van der Waals surface area contributed by atoms with Crippen LogP contribution >= 0.6 is 0 Å². The number of ether oxygens (including phenoxy) is 1. The van der Waals surface area contributed by atoms with Crippen molar-refractivity contribution < 1.29 is 14.3 Å². The smallest absolute Gasteiger partial charge is 0.247 e. The van der Waals surface area contributed by atoms with Crippen LogP contribution in [0.1, 0.15) is 12.5 Å². The van der Waals surface area contributed by atoms with Crippen LogP contribution in [0.4, 0.5) is 34.6 Å². The van der Waals surface area contributed by atoms with E-state index in [4.69, 9.17) is 4.74 Å². The number of amides is 2. The number of pyridine rings is 1. The predicted octanol–water partition coefficient (Wildman–Crippen LogP) is 3.47. The van der Waals surface area contributed by atoms with Crippen LogP contribution in [-0.2, 0) is 9.59 Å². The highest BCUT2D eigenvalue weighted by Gasteiger charge is 2.21. The zero-order chi connectivity index (χ0) is 26.4. The second kappa shape index (κ2) is 11.4. The fourth-order valence-corrected chi connectivity index (χ4v) is 3.85. The SMILES string of the molecule is C=CC(=O)Nc1ccccc1Nc1nc(Nc2cc(OC)nc(N3CCN(C(C)=O)CC3)c2)ncc1C. The maximum atomic E-state index is 11.8. The van der Waals surface area contributed by atoms with Gasteiger partial charge in [-0.2, -0.15) is 9.97 Å². The number of methoxy groups -OCH3 is 1. The number of anilines is 6. The molecule has 11 nitrogen and oxygen atoms in total. The van der Waals surface area contributed by atoms with Crippen molar-refractivity contribution in [1.82, 2.24) is 19.9 Å². The molecule has 2 aromatic heterocycles. The van der Waals surface area contributed by atoms with E-state index in [0.717, 1.165) is 11.4 Å². The number of nitrogens with zero attached hydrogens (tertiary/aromatic N) is 5. The first-order valence-electron chi connectivity index (χ1n) is 11.8. The van der Waals surface area contributed by atoms with Crippen LogP contribution in [-0.4, -0.2) is 65.0 Å². The molecule has 1 aliphatic rings. The van der Waals surface area contributed by atoms with Crippen molar-refractivity contribution in [3.63, 3.8) is 0 Å². The van der Waals surface area contributed by atoms with Crippen molar-refractivity contribution in [3.8, 4) is 5.88 Å². The molecule has 192 valence electrons. The number of rotatable bonds is 8. The predicted molar refractivity (Wildman–Crippen MR) is 144 cm³/mol. The lowest BCUT2D eigenvalue weighted by Crippen LogP contribution is -2.48. The Kier molecular flexibility index (Phi) is 7.82. The minimum absolute atomic E-state index is 0.0762. The molecule has 11 heteroatoms. The van der Waals surface area contributed by atoms with Crippen LogP contribution in [0.3, 0.4) is 0 Å². The molecule has 0 spiro atoms. The molecule has 0 radical (unpaired) electrons. The van der Waals surface area contributed by atoms with Gasteiger partial charge < -0.3 is 30.5 Å². The molecule has 3 aromatic rings. The van der Waals surface area contributed by atoms with Crippen molar-refractivity contribution in [2.24, 2.45) is 0 Å². The maximum Gasteiger partial charge on any atom is 0.247 e. The summed E-state index contributed by atoms with van der Waals surface area (Å²) in [5.41, 5.74) is 2.83. The van der Waals surface area contributed by atoms with Crippen molar-refractivity contribution in [2.45, 2.75) is 13.8 Å². The molecule has 1 fully saturated rings. The highest BCUT2D eigenvalue weighted by atomic mass is 16.5. The van der Waals surface area contributed by atoms with Gasteiger partial charge in [-0.1, -0.05) is 18.7 Å². The van der Waals surface area contributed by atoms with E-state index in [1.165, 1.54) is 6.08 Å². The number of hydrogen-bond acceptors (Lipinski definition) is 9. The van der Waals surface area contributed by atoms with Gasteiger partial charge in [-0.25, -0.2) is 4.98 Å². The Labute approximate surface area is 215 Å². The number of carbonyl (C=O) groups excluding carboxylic acids is 2. The van der Waals surface area contributed by atoms with E-state index in [9.17, 15) is 9.59 Å². The molecule has 1 saturated heterocycles. The molecular weight excluding hydrogens is 472 g/mol. The summed E-state index contributed by atoms with van der Waals surface area (Å²) in [7, 11) is 1.57. The van der Waals surface area contributed by atoms with Gasteiger partial charge in [0.05, 0.1) is 18.5 Å². The summed E-state index contributed by atoms with van der Waals surface area (Å²) < 4.78 is 5.42. The molecule has 1 aromatic carbocycles. The van der Waals surface area contributed by atoms with E-state index >= 15 is 0 Å². The van der Waals surface area contributed by atoms with Crippen LogP contribution in [0.25, 0.3) is 0 Å². The number of piperazine rings is 1. The molecule has 4 rings (SSSR count). The number of hydrogen-bond donors (Lipinski definition) is 3. The number of nitrogens with one attached hydrogen (secondary N) is 3. The monoisotopic (exact) mass is 502 g/mol. The molecule has 0 atom stereocenters. The first-order chi connectivity index (χ1) is 17.9. The molecule has 1 aliphatic heterocycles. The summed E-state index contributed by atoms with van der Waals surface area (Å²) in [5.74, 6) is 1.92. The van der Waals surface area contributed by atoms with Gasteiger partial charge in [0.2, 0.25) is 23.6 Å². The Morgan fingerprint density at radius 3 is 2.46 bits per heavy atom. The molecule has 37 heavy (non-hydrogen) atoms. The van der Waals surface area contributed by atoms with E-state index in [1.807, 2.05) is 36.1 Å². The lowest BCUT2D eigenvalue weighted by Gasteiger charge is -2.35. The molecule has 3 heterocycles. The second-order valence-electron chi connectivity index (χ2n) is 8.46. The number of aryl methyl sites for hydroxylation is 1. The van der Waals surface area contributed by atoms with Gasteiger partial charge in [0, 0.05) is 62.7 Å². The largest absolute Gasteiger partial charge is 0.481 e. The number of aromatic nitrogens is 3. The van der Waals surface area contributed by atoms with Crippen LogP contribution in [0.2, 0.25) is 0 Å². The van der Waals surface area contributed by atoms with Crippen LogP contribution in [0.5, 0.6) is 5.88 Å². The summed E-state index contributed by atoms with van der Waals surface area (Å²) in [6, 6.07) is 11.0. The molecule has 0 unspecified atom stereocenters. The normalized spacial score (nSPS) is 13.1. The summed E-state index contributed by atoms with van der Waals surface area (Å²) in [6.07, 6.45) is 2.93. The average Bonchev–Trinajstić information content (AvgIpc) is 2.91. The molecular formula is C26H30N8O3. The van der Waals surface area contributed by atoms with Crippen molar-refractivity contribution >= 4 is 46.5 Å². The second-order valence-corrected chi connectivity index (χ2v) is 8.46. The fraction of sp³-hybridized carbons (Fsp3) is 0.269. The van der Waals surface area contributed by atoms with Crippen molar-refractivity contribution in [2.75, 3.05) is 54.1 Å². The van der Waals surface area contributed by atoms with Gasteiger partial charge in [0.25, 0.3) is 0 Å². The highest BCUT2D eigenvalue weighted by Crippen LogP contribution is 2.29.